The average Bonchev–Trinajstić information content (AvgIpc) is 1.54. The quantitative estimate of drug-likeness (QED) is 0.0959. The molecule has 0 unspecified atom stereocenters. The lowest BCUT2D eigenvalue weighted by atomic mass is 9.67. The first-order chi connectivity index (χ1) is 69.4. The summed E-state index contributed by atoms with van der Waals surface area (Å²) in [5.74, 6) is 0. The van der Waals surface area contributed by atoms with Crippen LogP contribution in [0.2, 0.25) is 0 Å². The largest absolute Gasteiger partial charge is 0.310 e. The van der Waals surface area contributed by atoms with E-state index in [0.717, 1.165) is 39.8 Å². The van der Waals surface area contributed by atoms with Crippen LogP contribution in [0.4, 0.5) is 34.1 Å². The van der Waals surface area contributed by atoms with Gasteiger partial charge in [-0.15, -0.1) is 0 Å². The summed E-state index contributed by atoms with van der Waals surface area (Å²) in [6.07, 6.45) is 0. The minimum absolute atomic E-state index is 0.110. The van der Waals surface area contributed by atoms with Crippen LogP contribution in [0.5, 0.6) is 0 Å². The molecule has 0 N–H and O–H groups in total. The van der Waals surface area contributed by atoms with Crippen molar-refractivity contribution < 1.29 is 0 Å². The van der Waals surface area contributed by atoms with Crippen LogP contribution < -0.4 is 9.80 Å². The summed E-state index contributed by atoms with van der Waals surface area (Å²) >= 11 is 0. The molecule has 141 heavy (non-hydrogen) atoms. The summed E-state index contributed by atoms with van der Waals surface area (Å²) in [6.45, 7) is 9.53. The molecule has 27 rings (SSSR count). The number of nitrogens with zero attached hydrogens (tertiary/aromatic N) is 4. The van der Waals surface area contributed by atoms with Crippen molar-refractivity contribution in [2.45, 2.75) is 43.9 Å². The fourth-order valence-electron chi connectivity index (χ4n) is 23.5. The van der Waals surface area contributed by atoms with E-state index in [1.807, 2.05) is 0 Å². The van der Waals surface area contributed by atoms with Crippen molar-refractivity contribution >= 4 is 88.5 Å². The summed E-state index contributed by atoms with van der Waals surface area (Å²) in [4.78, 5) is 4.89. The predicted octanol–water partition coefficient (Wildman–Crippen LogP) is 36.6. The molecule has 0 amide bonds. The van der Waals surface area contributed by atoms with Crippen molar-refractivity contribution in [2.24, 2.45) is 0 Å². The Morgan fingerprint density at radius 1 is 0.163 bits per heavy atom. The van der Waals surface area contributed by atoms with Crippen molar-refractivity contribution in [3.8, 4) is 112 Å². The Morgan fingerprint density at radius 2 is 0.447 bits per heavy atom. The molecular formula is C137H98N4. The van der Waals surface area contributed by atoms with E-state index in [1.165, 1.54) is 205 Å². The first-order valence-corrected chi connectivity index (χ1v) is 49.1. The third kappa shape index (κ3) is 14.1. The van der Waals surface area contributed by atoms with E-state index in [9.17, 15) is 0 Å². The van der Waals surface area contributed by atoms with Gasteiger partial charge in [0.25, 0.3) is 0 Å². The fourth-order valence-corrected chi connectivity index (χ4v) is 23.5. The zero-order valence-electron chi connectivity index (χ0n) is 78.9. The van der Waals surface area contributed by atoms with E-state index >= 15 is 0 Å². The molecule has 3 aliphatic carbocycles. The van der Waals surface area contributed by atoms with Gasteiger partial charge >= 0.3 is 0 Å². The summed E-state index contributed by atoms with van der Waals surface area (Å²) in [6, 6.07) is 193. The second-order valence-electron chi connectivity index (χ2n) is 39.0. The smallest absolute Gasteiger partial charge is 0.0714 e. The predicted molar refractivity (Wildman–Crippen MR) is 593 cm³/mol. The van der Waals surface area contributed by atoms with Gasteiger partial charge in [-0.1, -0.05) is 404 Å². The number of fused-ring (bicyclic) bond motifs is 16. The number of para-hydroxylation sites is 4. The van der Waals surface area contributed by atoms with Crippen LogP contribution in [0, 0.1) is 0 Å². The van der Waals surface area contributed by atoms with E-state index in [1.54, 1.807) is 0 Å². The molecule has 0 fully saturated rings. The molecule has 0 bridgehead atoms. The maximum Gasteiger partial charge on any atom is 0.0714 e. The molecule has 3 aliphatic rings. The van der Waals surface area contributed by atoms with Crippen molar-refractivity contribution in [1.82, 2.24) is 9.13 Å². The molecule has 4 nitrogen and oxygen atoms in total. The average molecular weight is 1800 g/mol. The van der Waals surface area contributed by atoms with Crippen molar-refractivity contribution in [2.75, 3.05) is 9.80 Å². The highest BCUT2D eigenvalue weighted by atomic mass is 15.1. The molecule has 4 heteroatoms. The zero-order valence-corrected chi connectivity index (χ0v) is 78.9. The Kier molecular flexibility index (Phi) is 20.2. The Labute approximate surface area is 823 Å². The second kappa shape index (κ2) is 33.9. The number of benzene rings is 22. The van der Waals surface area contributed by atoms with Crippen molar-refractivity contribution in [3.05, 3.63) is 566 Å². The van der Waals surface area contributed by atoms with Gasteiger partial charge in [-0.3, -0.25) is 0 Å². The highest BCUT2D eigenvalue weighted by Crippen LogP contribution is 2.59. The maximum atomic E-state index is 2.46. The maximum absolute atomic E-state index is 2.46. The highest BCUT2D eigenvalue weighted by Gasteiger charge is 2.47. The van der Waals surface area contributed by atoms with Crippen LogP contribution in [-0.4, -0.2) is 9.13 Å². The van der Waals surface area contributed by atoms with Gasteiger partial charge in [-0.05, 0) is 301 Å². The van der Waals surface area contributed by atoms with Gasteiger partial charge in [0.15, 0.2) is 0 Å². The van der Waals surface area contributed by atoms with Crippen molar-refractivity contribution in [3.63, 3.8) is 0 Å². The molecule has 0 aliphatic heterocycles. The molecule has 0 saturated heterocycles. The standard InChI is InChI=1S/C71H48N2.C66H50N2/c1-5-18-49(19-6-1)50-34-38-60(39-35-50)72(62-41-43-64-63-28-13-15-30-67(63)71(68(64)48-62,57-22-7-2-8-23-57)58-24-9-3-10-25-58)61-40-36-54-45-53(32-33-55(54)46-61)51-20-17-21-52(44-51)56-37-42-66-65-29-14-16-31-69(65)73(70(66)47-56)59-26-11-4-12-27-59;1-65(2)59-24-13-11-22-53(59)55-36-32-51(41-61(55)65)67(50-30-26-44(27-31-50)43-16-7-5-8-17-43)52-33-37-56-54-34-28-47(39-60(54)66(3,4)62(56)42-52)45-18-15-19-46(38-45)48-29-35-58-57-23-12-14-25-63(57)68(64(58)40-48)49-20-9-6-10-21-49/h1-48H;5-42H,1-4H3. The monoisotopic (exact) mass is 1800 g/mol. The number of aromatic nitrogens is 2. The molecule has 2 aromatic heterocycles. The molecule has 0 saturated carbocycles. The lowest BCUT2D eigenvalue weighted by Gasteiger charge is -2.35. The normalized spacial score (nSPS) is 13.1. The minimum atomic E-state index is -0.515. The van der Waals surface area contributed by atoms with Crippen LogP contribution in [0.1, 0.15) is 72.2 Å². The lowest BCUT2D eigenvalue weighted by Crippen LogP contribution is -2.28. The summed E-state index contributed by atoms with van der Waals surface area (Å²) in [7, 11) is 0. The van der Waals surface area contributed by atoms with E-state index in [2.05, 4.69) is 568 Å². The number of anilines is 6. The van der Waals surface area contributed by atoms with Gasteiger partial charge in [-0.25, -0.2) is 0 Å². The third-order valence-electron chi connectivity index (χ3n) is 30.4. The molecule has 666 valence electrons. The molecule has 0 atom stereocenters. The summed E-state index contributed by atoms with van der Waals surface area (Å²) in [5.41, 5.74) is 45.9. The van der Waals surface area contributed by atoms with Gasteiger partial charge < -0.3 is 18.9 Å². The Balaban J connectivity index is 0.000000145. The number of rotatable bonds is 16. The van der Waals surface area contributed by atoms with E-state index in [4.69, 9.17) is 0 Å². The second-order valence-corrected chi connectivity index (χ2v) is 39.0. The molecule has 0 spiro atoms. The van der Waals surface area contributed by atoms with E-state index in [-0.39, 0.29) is 10.8 Å². The Hall–Kier alpha value is -17.7. The highest BCUT2D eigenvalue weighted by molar-refractivity contribution is 6.12. The van der Waals surface area contributed by atoms with Crippen LogP contribution >= 0.6 is 0 Å². The topological polar surface area (TPSA) is 16.3 Å². The first kappa shape index (κ1) is 83.9. The van der Waals surface area contributed by atoms with Gasteiger partial charge in [0.1, 0.15) is 0 Å². The summed E-state index contributed by atoms with van der Waals surface area (Å²) in [5, 5.41) is 7.42. The van der Waals surface area contributed by atoms with Gasteiger partial charge in [0, 0.05) is 77.9 Å². The van der Waals surface area contributed by atoms with Gasteiger partial charge in [-0.2, -0.15) is 0 Å². The van der Waals surface area contributed by atoms with Gasteiger partial charge in [0.05, 0.1) is 27.5 Å². The molecule has 22 aromatic carbocycles. The number of hydrogen-bond acceptors (Lipinski definition) is 2. The summed E-state index contributed by atoms with van der Waals surface area (Å²) < 4.78 is 4.79. The number of hydrogen-bond donors (Lipinski definition) is 0. The third-order valence-corrected chi connectivity index (χ3v) is 30.4. The molecule has 2 heterocycles. The lowest BCUT2D eigenvalue weighted by molar-refractivity contribution is 0.660. The van der Waals surface area contributed by atoms with Crippen LogP contribution in [0.25, 0.3) is 166 Å². The first-order valence-electron chi connectivity index (χ1n) is 49.1. The van der Waals surface area contributed by atoms with E-state index < -0.39 is 5.41 Å². The van der Waals surface area contributed by atoms with Crippen LogP contribution in [0.3, 0.4) is 0 Å². The van der Waals surface area contributed by atoms with Crippen molar-refractivity contribution in [1.29, 1.82) is 0 Å². The Morgan fingerprint density at radius 3 is 0.929 bits per heavy atom. The minimum Gasteiger partial charge on any atom is -0.310 e. The zero-order chi connectivity index (χ0) is 94.0. The molecule has 0 radical (unpaired) electrons. The fraction of sp³-hybridized carbons (Fsp3) is 0.0511. The van der Waals surface area contributed by atoms with Gasteiger partial charge in [0.2, 0.25) is 0 Å². The molecular weight excluding hydrogens is 1700 g/mol. The SMILES string of the molecule is CC1(C)c2ccccc2-c2ccc(N(c3ccc(-c4ccccc4)cc3)c3ccc4c(c3)C(C)(C)c3cc(-c5cccc(-c6ccc7c8ccccc8n(-c8ccccc8)c7c6)c5)ccc3-4)cc21.c1ccc(-c2ccc(N(c3ccc4c(c3)C(c3ccccc3)(c3ccccc3)c3ccccc3-4)c3ccc4cc(-c5cccc(-c6ccc7c8ccccc8n(-c8ccccc8)c7c6)c5)ccc4c3)cc2)cc1. The molecule has 24 aromatic rings. The van der Waals surface area contributed by atoms with Crippen LogP contribution in [0.15, 0.2) is 522 Å². The van der Waals surface area contributed by atoms with E-state index in [0.29, 0.717) is 0 Å². The van der Waals surface area contributed by atoms with Crippen LogP contribution in [-0.2, 0) is 16.2 Å². The Bertz CT molecular complexity index is 8960.